The van der Waals surface area contributed by atoms with Crippen molar-refractivity contribution in [1.29, 1.82) is 0 Å². The number of nitrogens with zero attached hydrogens (tertiary/aromatic N) is 5. The minimum atomic E-state index is -0.464. The van der Waals surface area contributed by atoms with E-state index in [9.17, 15) is 14.4 Å². The van der Waals surface area contributed by atoms with Gasteiger partial charge in [0, 0.05) is 32.6 Å². The van der Waals surface area contributed by atoms with E-state index in [2.05, 4.69) is 15.5 Å². The molecule has 0 atom stereocenters. The van der Waals surface area contributed by atoms with Crippen LogP contribution in [0.15, 0.2) is 39.2 Å². The highest BCUT2D eigenvalue weighted by molar-refractivity contribution is 5.86. The molecule has 0 saturated heterocycles. The first-order valence-corrected chi connectivity index (χ1v) is 9.02. The molecule has 3 rings (SSSR count). The Labute approximate surface area is 183 Å². The average Bonchev–Trinajstić information content (AvgIpc) is 3.18. The zero-order valence-corrected chi connectivity index (χ0v) is 18.3. The number of carbonyl (C=O) groups is 1. The van der Waals surface area contributed by atoms with Gasteiger partial charge in [-0.25, -0.2) is 15.2 Å². The highest BCUT2D eigenvalue weighted by Crippen LogP contribution is 2.29. The number of rotatable bonds is 7. The van der Waals surface area contributed by atoms with Gasteiger partial charge in [0.1, 0.15) is 0 Å². The first kappa shape index (κ1) is 23.7. The number of ether oxygens (including phenoxy) is 2. The van der Waals surface area contributed by atoms with Crippen LogP contribution in [0.3, 0.4) is 0 Å². The molecule has 0 aliphatic carbocycles. The normalized spacial score (nSPS) is 10.8. The van der Waals surface area contributed by atoms with Crippen LogP contribution in [0, 0.1) is 0 Å². The van der Waals surface area contributed by atoms with E-state index in [4.69, 9.17) is 9.47 Å². The maximum atomic E-state index is 12.4. The maximum Gasteiger partial charge on any atom is 0.332 e. The van der Waals surface area contributed by atoms with Crippen molar-refractivity contribution in [3.05, 3.63) is 50.9 Å². The Morgan fingerprint density at radius 3 is 2.61 bits per heavy atom. The van der Waals surface area contributed by atoms with Crippen LogP contribution in [-0.4, -0.2) is 45.0 Å². The summed E-state index contributed by atoms with van der Waals surface area (Å²) in [5.41, 5.74) is 2.69. The Kier molecular flexibility index (Phi) is 7.59. The van der Waals surface area contributed by atoms with E-state index in [0.717, 1.165) is 4.57 Å². The third-order valence-corrected chi connectivity index (χ3v) is 4.62. The van der Waals surface area contributed by atoms with E-state index >= 15 is 0 Å². The average molecular weight is 451 g/mol. The number of imidazole rings is 1. The van der Waals surface area contributed by atoms with Crippen molar-refractivity contribution in [2.75, 3.05) is 14.2 Å². The lowest BCUT2D eigenvalue weighted by Gasteiger charge is -2.09. The Morgan fingerprint density at radius 2 is 1.94 bits per heavy atom. The van der Waals surface area contributed by atoms with Crippen molar-refractivity contribution >= 4 is 35.7 Å². The second kappa shape index (κ2) is 9.94. The number of carbonyl (C=O) groups excluding carboxylic acids is 1. The van der Waals surface area contributed by atoms with Crippen molar-refractivity contribution in [3.63, 3.8) is 0 Å². The number of fused-ring (bicyclic) bond motifs is 1. The molecular formula is C19H23ClN6O5. The monoisotopic (exact) mass is 450 g/mol. The minimum absolute atomic E-state index is 0. The number of benzene rings is 1. The molecule has 0 aliphatic heterocycles. The second-order valence-electron chi connectivity index (χ2n) is 6.44. The molecule has 2 heterocycles. The fourth-order valence-corrected chi connectivity index (χ4v) is 3.03. The van der Waals surface area contributed by atoms with Gasteiger partial charge in [-0.05, 0) is 12.1 Å². The largest absolute Gasteiger partial charge is 0.493 e. The number of halogens is 1. The molecule has 1 amide bonds. The molecular weight excluding hydrogens is 428 g/mol. The van der Waals surface area contributed by atoms with Crippen LogP contribution in [-0.2, 0) is 25.4 Å². The topological polar surface area (TPSA) is 122 Å². The van der Waals surface area contributed by atoms with Crippen molar-refractivity contribution in [2.24, 2.45) is 19.2 Å². The van der Waals surface area contributed by atoms with Gasteiger partial charge in [0.05, 0.1) is 26.8 Å². The van der Waals surface area contributed by atoms with E-state index < -0.39 is 11.2 Å². The summed E-state index contributed by atoms with van der Waals surface area (Å²) in [6.07, 6.45) is 2.95. The number of para-hydroxylation sites is 1. The second-order valence-corrected chi connectivity index (χ2v) is 6.44. The van der Waals surface area contributed by atoms with E-state index in [1.165, 1.54) is 45.4 Å². The lowest BCUT2D eigenvalue weighted by Crippen LogP contribution is -2.37. The third-order valence-electron chi connectivity index (χ3n) is 4.62. The summed E-state index contributed by atoms with van der Waals surface area (Å²) in [5, 5.41) is 3.95. The Balaban J connectivity index is 0.00000341. The quantitative estimate of drug-likeness (QED) is 0.411. The molecule has 0 bridgehead atoms. The van der Waals surface area contributed by atoms with E-state index in [-0.39, 0.29) is 42.4 Å². The SMILES string of the molecule is COc1cccc(/C=N/NC(=O)CCn2cnc3c2c(=O)n(C)c(=O)n3C)c1OC.Cl. The third kappa shape index (κ3) is 4.61. The summed E-state index contributed by atoms with van der Waals surface area (Å²) in [7, 11) is 5.99. The summed E-state index contributed by atoms with van der Waals surface area (Å²) in [4.78, 5) is 40.7. The summed E-state index contributed by atoms with van der Waals surface area (Å²) < 4.78 is 14.4. The Bertz CT molecular complexity index is 1240. The van der Waals surface area contributed by atoms with E-state index in [0.29, 0.717) is 17.1 Å². The molecule has 0 aliphatic rings. The zero-order valence-electron chi connectivity index (χ0n) is 17.5. The van der Waals surface area contributed by atoms with E-state index in [1.807, 2.05) is 0 Å². The summed E-state index contributed by atoms with van der Waals surface area (Å²) in [6.45, 7) is 0.202. The fourth-order valence-electron chi connectivity index (χ4n) is 3.03. The molecule has 1 aromatic carbocycles. The number of methoxy groups -OCH3 is 2. The smallest absolute Gasteiger partial charge is 0.332 e. The number of aryl methyl sites for hydroxylation is 2. The fraction of sp³-hybridized carbons (Fsp3) is 0.316. The Morgan fingerprint density at radius 1 is 1.19 bits per heavy atom. The zero-order chi connectivity index (χ0) is 21.8. The van der Waals surface area contributed by atoms with Crippen LogP contribution < -0.4 is 26.1 Å². The van der Waals surface area contributed by atoms with Crippen LogP contribution >= 0.6 is 12.4 Å². The van der Waals surface area contributed by atoms with Crippen molar-refractivity contribution < 1.29 is 14.3 Å². The predicted octanol–water partition coefficient (Wildman–Crippen LogP) is 0.413. The lowest BCUT2D eigenvalue weighted by atomic mass is 10.2. The maximum absolute atomic E-state index is 12.4. The van der Waals surface area contributed by atoms with Gasteiger partial charge < -0.3 is 14.0 Å². The minimum Gasteiger partial charge on any atom is -0.493 e. The number of amides is 1. The number of hydrazone groups is 1. The van der Waals surface area contributed by atoms with Gasteiger partial charge in [0.2, 0.25) is 5.91 Å². The van der Waals surface area contributed by atoms with Gasteiger partial charge in [0.15, 0.2) is 22.7 Å². The molecule has 31 heavy (non-hydrogen) atoms. The Hall–Kier alpha value is -3.60. The summed E-state index contributed by atoms with van der Waals surface area (Å²) in [5.74, 6) is 0.705. The molecule has 11 nitrogen and oxygen atoms in total. The van der Waals surface area contributed by atoms with Gasteiger partial charge >= 0.3 is 5.69 Å². The predicted molar refractivity (Wildman–Crippen MR) is 117 cm³/mol. The lowest BCUT2D eigenvalue weighted by molar-refractivity contribution is -0.121. The summed E-state index contributed by atoms with van der Waals surface area (Å²) in [6, 6.07) is 5.31. The van der Waals surface area contributed by atoms with Gasteiger partial charge in [-0.1, -0.05) is 6.07 Å². The van der Waals surface area contributed by atoms with Crippen LogP contribution in [0.2, 0.25) is 0 Å². The molecule has 0 saturated carbocycles. The molecule has 0 spiro atoms. The molecule has 0 unspecified atom stereocenters. The standard InChI is InChI=1S/C19H22N6O5.ClH/c1-23-17-15(18(27)24(2)19(23)28)25(11-20-17)9-8-14(26)22-21-10-12-6-5-7-13(29-3)16(12)30-4;/h5-7,10-11H,8-9H2,1-4H3,(H,22,26);1H/b21-10+;. The number of aromatic nitrogens is 4. The number of hydrogen-bond acceptors (Lipinski definition) is 7. The van der Waals surface area contributed by atoms with Crippen molar-refractivity contribution in [2.45, 2.75) is 13.0 Å². The van der Waals surface area contributed by atoms with Crippen LogP contribution in [0.1, 0.15) is 12.0 Å². The molecule has 1 N–H and O–H groups in total. The molecule has 166 valence electrons. The highest BCUT2D eigenvalue weighted by Gasteiger charge is 2.14. The van der Waals surface area contributed by atoms with Crippen LogP contribution in [0.4, 0.5) is 0 Å². The van der Waals surface area contributed by atoms with Crippen molar-refractivity contribution in [1.82, 2.24) is 24.1 Å². The number of hydrogen-bond donors (Lipinski definition) is 1. The van der Waals surface area contributed by atoms with Crippen LogP contribution in [0.5, 0.6) is 11.5 Å². The van der Waals surface area contributed by atoms with Crippen molar-refractivity contribution in [3.8, 4) is 11.5 Å². The highest BCUT2D eigenvalue weighted by atomic mass is 35.5. The molecule has 3 aromatic rings. The van der Waals surface area contributed by atoms with Gasteiger partial charge in [0.25, 0.3) is 5.56 Å². The van der Waals surface area contributed by atoms with Gasteiger partial charge in [-0.2, -0.15) is 5.10 Å². The molecule has 12 heteroatoms. The number of nitrogens with one attached hydrogen (secondary N) is 1. The molecule has 2 aromatic heterocycles. The molecule has 0 radical (unpaired) electrons. The first-order valence-electron chi connectivity index (χ1n) is 9.02. The summed E-state index contributed by atoms with van der Waals surface area (Å²) >= 11 is 0. The van der Waals surface area contributed by atoms with Gasteiger partial charge in [-0.15, -0.1) is 12.4 Å². The van der Waals surface area contributed by atoms with Crippen LogP contribution in [0.25, 0.3) is 11.2 Å². The van der Waals surface area contributed by atoms with E-state index in [1.54, 1.807) is 22.8 Å². The first-order chi connectivity index (χ1) is 14.4. The molecule has 0 fully saturated rings. The van der Waals surface area contributed by atoms with Gasteiger partial charge in [-0.3, -0.25) is 18.7 Å².